The summed E-state index contributed by atoms with van der Waals surface area (Å²) in [5, 5.41) is 2.99. The lowest BCUT2D eigenvalue weighted by atomic mass is 10.1. The average molecular weight is 594 g/mol. The summed E-state index contributed by atoms with van der Waals surface area (Å²) in [6, 6.07) is 18.4. The molecule has 0 aliphatic carbocycles. The quantitative estimate of drug-likeness (QED) is 0.315. The number of carbonyl (C=O) groups excluding carboxylic acids is 2. The zero-order valence-electron chi connectivity index (χ0n) is 25.9. The number of hydrogen-bond donors (Lipinski definition) is 1. The van der Waals surface area contributed by atoms with Crippen molar-refractivity contribution in [3.05, 3.63) is 89.0 Å². The fraction of sp³-hybridized carbons (Fsp3) is 0.394. The average Bonchev–Trinajstić information content (AvgIpc) is 2.92. The molecule has 0 fully saturated rings. The van der Waals surface area contributed by atoms with Crippen molar-refractivity contribution >= 4 is 27.5 Å². The maximum atomic E-state index is 14.3. The van der Waals surface area contributed by atoms with Crippen LogP contribution in [-0.4, -0.2) is 50.4 Å². The molecule has 2 amide bonds. The standard InChI is InChI=1S/C33H43N3O5S/c1-9-29(32(38)34-33(5,6)7)35(21-26-15-17-27(41-8)18-16-26)31(37)22-36(30-12-10-11-24(3)25(30)4)42(39,40)28-19-13-23(2)14-20-28/h10-20,29H,9,21-22H2,1-8H3,(H,34,38)/t29-/m1/s1. The van der Waals surface area contributed by atoms with Gasteiger partial charge in [-0.15, -0.1) is 0 Å². The van der Waals surface area contributed by atoms with Gasteiger partial charge in [-0.3, -0.25) is 13.9 Å². The molecule has 0 aromatic heterocycles. The number of rotatable bonds is 11. The highest BCUT2D eigenvalue weighted by Gasteiger charge is 2.35. The third kappa shape index (κ3) is 7.91. The van der Waals surface area contributed by atoms with Crippen LogP contribution >= 0.6 is 0 Å². The Morgan fingerprint density at radius 1 is 0.929 bits per heavy atom. The summed E-state index contributed by atoms with van der Waals surface area (Å²) in [5.74, 6) is -0.121. The van der Waals surface area contributed by atoms with Gasteiger partial charge in [0.15, 0.2) is 0 Å². The topological polar surface area (TPSA) is 96.0 Å². The summed E-state index contributed by atoms with van der Waals surface area (Å²) < 4.78 is 34.7. The molecule has 3 aromatic carbocycles. The molecule has 3 rings (SSSR count). The summed E-state index contributed by atoms with van der Waals surface area (Å²) in [6.45, 7) is 12.7. The molecule has 1 atom stereocenters. The van der Waals surface area contributed by atoms with E-state index in [-0.39, 0.29) is 17.3 Å². The maximum Gasteiger partial charge on any atom is 0.264 e. The van der Waals surface area contributed by atoms with Crippen molar-refractivity contribution in [3.63, 3.8) is 0 Å². The summed E-state index contributed by atoms with van der Waals surface area (Å²) >= 11 is 0. The van der Waals surface area contributed by atoms with Gasteiger partial charge in [0, 0.05) is 12.1 Å². The number of nitrogens with zero attached hydrogens (tertiary/aromatic N) is 2. The maximum absolute atomic E-state index is 14.3. The van der Waals surface area contributed by atoms with Crippen molar-refractivity contribution in [2.75, 3.05) is 18.0 Å². The zero-order chi connectivity index (χ0) is 31.2. The Bertz CT molecular complexity index is 1490. The molecule has 3 aromatic rings. The molecule has 0 radical (unpaired) electrons. The zero-order valence-corrected chi connectivity index (χ0v) is 26.7. The summed E-state index contributed by atoms with van der Waals surface area (Å²) in [7, 11) is -2.56. The minimum absolute atomic E-state index is 0.0843. The van der Waals surface area contributed by atoms with E-state index < -0.39 is 34.1 Å². The normalized spacial score (nSPS) is 12.4. The lowest BCUT2D eigenvalue weighted by Crippen LogP contribution is -2.55. The number of sulfonamides is 1. The number of carbonyl (C=O) groups is 2. The van der Waals surface area contributed by atoms with Crippen molar-refractivity contribution in [3.8, 4) is 5.75 Å². The van der Waals surface area contributed by atoms with Crippen LogP contribution in [0.2, 0.25) is 0 Å². The van der Waals surface area contributed by atoms with Gasteiger partial charge in [-0.25, -0.2) is 8.42 Å². The first-order valence-corrected chi connectivity index (χ1v) is 15.5. The van der Waals surface area contributed by atoms with Crippen LogP contribution in [0.5, 0.6) is 5.75 Å². The molecule has 0 saturated heterocycles. The van der Waals surface area contributed by atoms with E-state index in [9.17, 15) is 18.0 Å². The van der Waals surface area contributed by atoms with Gasteiger partial charge < -0.3 is 15.0 Å². The fourth-order valence-corrected chi connectivity index (χ4v) is 6.13. The van der Waals surface area contributed by atoms with Crippen LogP contribution in [0.25, 0.3) is 0 Å². The monoisotopic (exact) mass is 593 g/mol. The number of anilines is 1. The van der Waals surface area contributed by atoms with E-state index in [4.69, 9.17) is 4.74 Å². The number of benzene rings is 3. The van der Waals surface area contributed by atoms with E-state index >= 15 is 0 Å². The van der Waals surface area contributed by atoms with Gasteiger partial charge in [0.25, 0.3) is 10.0 Å². The number of methoxy groups -OCH3 is 1. The van der Waals surface area contributed by atoms with Gasteiger partial charge >= 0.3 is 0 Å². The highest BCUT2D eigenvalue weighted by Crippen LogP contribution is 2.29. The minimum Gasteiger partial charge on any atom is -0.497 e. The highest BCUT2D eigenvalue weighted by molar-refractivity contribution is 7.92. The van der Waals surface area contributed by atoms with Gasteiger partial charge in [-0.1, -0.05) is 48.9 Å². The molecule has 9 heteroatoms. The lowest BCUT2D eigenvalue weighted by Gasteiger charge is -2.35. The second-order valence-electron chi connectivity index (χ2n) is 11.6. The first kappa shape index (κ1) is 32.7. The SMILES string of the molecule is CC[C@H](C(=O)NC(C)(C)C)N(Cc1ccc(OC)cc1)C(=O)CN(c1cccc(C)c1C)S(=O)(=O)c1ccc(C)cc1. The van der Waals surface area contributed by atoms with Gasteiger partial charge in [-0.05, 0) is 95.0 Å². The Balaban J connectivity index is 2.11. The van der Waals surface area contributed by atoms with Gasteiger partial charge in [0.05, 0.1) is 17.7 Å². The Kier molecular flexibility index (Phi) is 10.4. The molecule has 42 heavy (non-hydrogen) atoms. The minimum atomic E-state index is -4.13. The van der Waals surface area contributed by atoms with Crippen molar-refractivity contribution < 1.29 is 22.7 Å². The van der Waals surface area contributed by atoms with Crippen LogP contribution in [0, 0.1) is 20.8 Å². The van der Waals surface area contributed by atoms with Crippen LogP contribution in [0.15, 0.2) is 71.6 Å². The van der Waals surface area contributed by atoms with Crippen LogP contribution in [0.3, 0.4) is 0 Å². The molecule has 0 unspecified atom stereocenters. The van der Waals surface area contributed by atoms with E-state index in [1.165, 1.54) is 4.90 Å². The van der Waals surface area contributed by atoms with E-state index in [0.29, 0.717) is 17.9 Å². The number of amides is 2. The Morgan fingerprint density at radius 2 is 1.55 bits per heavy atom. The molecule has 0 spiro atoms. The number of aryl methyl sites for hydroxylation is 2. The fourth-order valence-electron chi connectivity index (χ4n) is 4.66. The first-order valence-electron chi connectivity index (χ1n) is 14.1. The van der Waals surface area contributed by atoms with Crippen LogP contribution in [0.1, 0.15) is 56.4 Å². The highest BCUT2D eigenvalue weighted by atomic mass is 32.2. The van der Waals surface area contributed by atoms with E-state index in [2.05, 4.69) is 5.32 Å². The molecule has 1 N–H and O–H groups in total. The molecule has 0 bridgehead atoms. The van der Waals surface area contributed by atoms with Crippen LogP contribution < -0.4 is 14.4 Å². The van der Waals surface area contributed by atoms with Crippen molar-refractivity contribution in [1.29, 1.82) is 0 Å². The summed E-state index contributed by atoms with van der Waals surface area (Å²) in [4.78, 5) is 29.3. The molecular weight excluding hydrogens is 550 g/mol. The van der Waals surface area contributed by atoms with E-state index in [0.717, 1.165) is 26.6 Å². The lowest BCUT2D eigenvalue weighted by molar-refractivity contribution is -0.141. The van der Waals surface area contributed by atoms with Crippen LogP contribution in [0.4, 0.5) is 5.69 Å². The molecule has 8 nitrogen and oxygen atoms in total. The summed E-state index contributed by atoms with van der Waals surface area (Å²) in [6.07, 6.45) is 0.345. The first-order chi connectivity index (χ1) is 19.7. The third-order valence-corrected chi connectivity index (χ3v) is 8.90. The van der Waals surface area contributed by atoms with Gasteiger partial charge in [0.1, 0.15) is 18.3 Å². The number of ether oxygens (including phenoxy) is 1. The molecule has 0 aliphatic rings. The van der Waals surface area contributed by atoms with Crippen LogP contribution in [-0.2, 0) is 26.2 Å². The molecule has 0 saturated carbocycles. The van der Waals surface area contributed by atoms with Gasteiger partial charge in [0.2, 0.25) is 11.8 Å². The largest absolute Gasteiger partial charge is 0.497 e. The Hall–Kier alpha value is -3.85. The van der Waals surface area contributed by atoms with E-state index in [1.54, 1.807) is 55.6 Å². The smallest absolute Gasteiger partial charge is 0.264 e. The van der Waals surface area contributed by atoms with E-state index in [1.807, 2.05) is 66.7 Å². The second kappa shape index (κ2) is 13.4. The van der Waals surface area contributed by atoms with Crippen molar-refractivity contribution in [2.24, 2.45) is 0 Å². The Labute approximate surface area is 250 Å². The molecular formula is C33H43N3O5S. The van der Waals surface area contributed by atoms with Gasteiger partial charge in [-0.2, -0.15) is 0 Å². The number of nitrogens with one attached hydrogen (secondary N) is 1. The Morgan fingerprint density at radius 3 is 2.10 bits per heavy atom. The summed E-state index contributed by atoms with van der Waals surface area (Å²) in [5.41, 5.74) is 3.25. The molecule has 226 valence electrons. The third-order valence-electron chi connectivity index (χ3n) is 7.13. The predicted molar refractivity (Wildman–Crippen MR) is 167 cm³/mol. The molecule has 0 aliphatic heterocycles. The molecule has 0 heterocycles. The number of hydrogen-bond acceptors (Lipinski definition) is 5. The van der Waals surface area contributed by atoms with Crippen molar-refractivity contribution in [1.82, 2.24) is 10.2 Å². The second-order valence-corrected chi connectivity index (χ2v) is 13.4. The predicted octanol–water partition coefficient (Wildman–Crippen LogP) is 5.54. The van der Waals surface area contributed by atoms with Crippen molar-refractivity contribution in [2.45, 2.75) is 77.9 Å².